The van der Waals surface area contributed by atoms with Gasteiger partial charge >= 0.3 is 0 Å². The summed E-state index contributed by atoms with van der Waals surface area (Å²) in [5.74, 6) is 1.62. The lowest BCUT2D eigenvalue weighted by atomic mass is 9.76. The lowest BCUT2D eigenvalue weighted by molar-refractivity contribution is -0.108. The summed E-state index contributed by atoms with van der Waals surface area (Å²) in [7, 11) is 0. The van der Waals surface area contributed by atoms with E-state index in [1.54, 1.807) is 12.2 Å². The molecule has 0 heterocycles. The zero-order valence-electron chi connectivity index (χ0n) is 31.2. The summed E-state index contributed by atoms with van der Waals surface area (Å²) in [5.41, 5.74) is 5.77. The molecule has 0 aliphatic heterocycles. The molecule has 8 heteroatoms. The highest BCUT2D eigenvalue weighted by Crippen LogP contribution is 2.40. The SMILES string of the molecule is C=CCCOCc1cc(C(C)(C)c2cc(COCC=C)c(OCC)c(COCCC=C)c2)cc(COCC=C)c1OCC.CC.CC(=O)S. The molecule has 2 aromatic carbocycles. The van der Waals surface area contributed by atoms with E-state index >= 15 is 0 Å². The zero-order valence-corrected chi connectivity index (χ0v) is 32.1. The number of ether oxygens (including phenoxy) is 6. The van der Waals surface area contributed by atoms with Gasteiger partial charge in [0.25, 0.3) is 0 Å². The lowest BCUT2D eigenvalue weighted by Crippen LogP contribution is -2.22. The van der Waals surface area contributed by atoms with E-state index in [9.17, 15) is 4.79 Å². The minimum Gasteiger partial charge on any atom is -0.493 e. The maximum atomic E-state index is 9.31. The molecule has 0 amide bonds. The van der Waals surface area contributed by atoms with Crippen LogP contribution in [-0.4, -0.2) is 44.8 Å². The molecule has 274 valence electrons. The van der Waals surface area contributed by atoms with Crippen molar-refractivity contribution in [3.05, 3.63) is 108 Å². The van der Waals surface area contributed by atoms with Gasteiger partial charge in [-0.3, -0.25) is 4.79 Å². The van der Waals surface area contributed by atoms with E-state index in [-0.39, 0.29) is 5.12 Å². The van der Waals surface area contributed by atoms with Gasteiger partial charge in [-0.2, -0.15) is 0 Å². The van der Waals surface area contributed by atoms with Crippen LogP contribution in [0.4, 0.5) is 0 Å². The predicted octanol–water partition coefficient (Wildman–Crippen LogP) is 9.89. The van der Waals surface area contributed by atoms with Crippen molar-refractivity contribution in [3.63, 3.8) is 0 Å². The minimum absolute atomic E-state index is 0.139. The van der Waals surface area contributed by atoms with E-state index in [4.69, 9.17) is 28.4 Å². The highest BCUT2D eigenvalue weighted by atomic mass is 32.1. The van der Waals surface area contributed by atoms with Crippen LogP contribution in [0.15, 0.2) is 74.9 Å². The first-order chi connectivity index (χ1) is 23.6. The van der Waals surface area contributed by atoms with Crippen LogP contribution in [0.1, 0.15) is 94.7 Å². The highest BCUT2D eigenvalue weighted by molar-refractivity contribution is 7.96. The van der Waals surface area contributed by atoms with E-state index in [1.807, 2.05) is 39.8 Å². The number of benzene rings is 2. The van der Waals surface area contributed by atoms with E-state index in [0.717, 1.165) is 57.7 Å². The maximum Gasteiger partial charge on any atom is 0.182 e. The number of thiol groups is 1. The van der Waals surface area contributed by atoms with Gasteiger partial charge in [-0.15, -0.1) is 38.9 Å². The number of carbonyl (C=O) groups is 1. The van der Waals surface area contributed by atoms with Gasteiger partial charge in [0, 0.05) is 34.6 Å². The summed E-state index contributed by atoms with van der Waals surface area (Å²) < 4.78 is 36.2. The molecule has 0 fully saturated rings. The summed E-state index contributed by atoms with van der Waals surface area (Å²) in [6.45, 7) is 33.8. The van der Waals surface area contributed by atoms with Crippen LogP contribution >= 0.6 is 12.6 Å². The van der Waals surface area contributed by atoms with Gasteiger partial charge in [-0.1, -0.05) is 52.0 Å². The summed E-state index contributed by atoms with van der Waals surface area (Å²) in [6, 6.07) is 8.76. The molecule has 2 aromatic rings. The fraction of sp³-hybridized carbons (Fsp3) is 0.488. The largest absolute Gasteiger partial charge is 0.493 e. The van der Waals surface area contributed by atoms with Gasteiger partial charge in [0.05, 0.1) is 66.1 Å². The van der Waals surface area contributed by atoms with Crippen LogP contribution in [0.5, 0.6) is 11.5 Å². The Morgan fingerprint density at radius 3 is 1.22 bits per heavy atom. The summed E-state index contributed by atoms with van der Waals surface area (Å²) >= 11 is 3.33. The Morgan fingerprint density at radius 2 is 0.959 bits per heavy atom. The van der Waals surface area contributed by atoms with Gasteiger partial charge in [0.15, 0.2) is 5.12 Å². The van der Waals surface area contributed by atoms with Crippen LogP contribution in [0.25, 0.3) is 0 Å². The van der Waals surface area contributed by atoms with Crippen LogP contribution in [0, 0.1) is 0 Å². The number of rotatable bonds is 24. The van der Waals surface area contributed by atoms with Crippen molar-refractivity contribution in [1.29, 1.82) is 0 Å². The van der Waals surface area contributed by atoms with Gasteiger partial charge in [0.1, 0.15) is 11.5 Å². The molecular formula is C41H62O7S. The van der Waals surface area contributed by atoms with Gasteiger partial charge in [-0.05, 0) is 62.1 Å². The molecule has 0 saturated heterocycles. The number of hydrogen-bond donors (Lipinski definition) is 1. The lowest BCUT2D eigenvalue weighted by Gasteiger charge is -2.30. The third-order valence-corrected chi connectivity index (χ3v) is 6.94. The van der Waals surface area contributed by atoms with Crippen molar-refractivity contribution in [2.75, 3.05) is 39.6 Å². The fourth-order valence-corrected chi connectivity index (χ4v) is 4.69. The Labute approximate surface area is 302 Å². The van der Waals surface area contributed by atoms with Crippen molar-refractivity contribution in [1.82, 2.24) is 0 Å². The molecule has 49 heavy (non-hydrogen) atoms. The second kappa shape index (κ2) is 27.7. The predicted molar refractivity (Wildman–Crippen MR) is 207 cm³/mol. The third-order valence-electron chi connectivity index (χ3n) is 6.94. The first-order valence-electron chi connectivity index (χ1n) is 17.1. The topological polar surface area (TPSA) is 72.5 Å². The molecule has 0 bridgehead atoms. The molecule has 0 aromatic heterocycles. The molecular weight excluding hydrogens is 637 g/mol. The van der Waals surface area contributed by atoms with Crippen LogP contribution < -0.4 is 9.47 Å². The van der Waals surface area contributed by atoms with E-state index in [0.29, 0.717) is 66.1 Å². The Balaban J connectivity index is 0.00000356. The van der Waals surface area contributed by atoms with Gasteiger partial charge in [0.2, 0.25) is 0 Å². The van der Waals surface area contributed by atoms with Gasteiger partial charge < -0.3 is 28.4 Å². The maximum absolute atomic E-state index is 9.31. The number of carbonyl (C=O) groups excluding carboxylic acids is 1. The molecule has 0 radical (unpaired) electrons. The van der Waals surface area contributed by atoms with Gasteiger partial charge in [-0.25, -0.2) is 0 Å². The minimum atomic E-state index is -0.401. The Hall–Kier alpha value is -3.14. The van der Waals surface area contributed by atoms with E-state index in [2.05, 4.69) is 77.1 Å². The monoisotopic (exact) mass is 698 g/mol. The van der Waals surface area contributed by atoms with E-state index in [1.165, 1.54) is 6.92 Å². The first kappa shape index (κ1) is 45.9. The van der Waals surface area contributed by atoms with Crippen molar-refractivity contribution in [2.45, 2.75) is 93.2 Å². The summed E-state index contributed by atoms with van der Waals surface area (Å²) in [6.07, 6.45) is 8.79. The quantitative estimate of drug-likeness (QED) is 0.0665. The number of hydrogen-bond acceptors (Lipinski definition) is 7. The molecule has 7 nitrogen and oxygen atoms in total. The fourth-order valence-electron chi connectivity index (χ4n) is 4.69. The molecule has 0 atom stereocenters. The summed E-state index contributed by atoms with van der Waals surface area (Å²) in [4.78, 5) is 9.31. The smallest absolute Gasteiger partial charge is 0.182 e. The molecule has 0 unspecified atom stereocenters. The first-order valence-corrected chi connectivity index (χ1v) is 17.6. The molecule has 0 spiro atoms. The molecule has 2 rings (SSSR count). The third kappa shape index (κ3) is 17.4. The Bertz CT molecular complexity index is 1180. The van der Waals surface area contributed by atoms with E-state index < -0.39 is 5.41 Å². The Morgan fingerprint density at radius 1 is 0.653 bits per heavy atom. The van der Waals surface area contributed by atoms with Crippen LogP contribution in [0.3, 0.4) is 0 Å². The van der Waals surface area contributed by atoms with Crippen molar-refractivity contribution in [3.8, 4) is 11.5 Å². The normalized spacial score (nSPS) is 10.5. The average Bonchev–Trinajstić information content (AvgIpc) is 3.08. The van der Waals surface area contributed by atoms with Crippen molar-refractivity contribution in [2.24, 2.45) is 0 Å². The van der Waals surface area contributed by atoms with Crippen molar-refractivity contribution < 1.29 is 33.2 Å². The molecule has 0 saturated carbocycles. The molecule has 0 aliphatic carbocycles. The summed E-state index contributed by atoms with van der Waals surface area (Å²) in [5, 5.41) is -0.139. The van der Waals surface area contributed by atoms with Crippen molar-refractivity contribution >= 4 is 17.7 Å². The zero-order chi connectivity index (χ0) is 37.1. The standard InChI is InChI=1S/C37H52O6.C2H4OS.C2H6/c1-9-15-19-40-27-31-23-33(21-29(25-38-17-11-3)35(31)42-13-5)37(7,8)34-22-30(26-39-18-12-4)36(43-14-6)32(24-34)28-41-20-16-10-2;1-2(3)4;1-2/h9-12,21-24H,1-4,13-20,25-28H2,5-8H3;1H3,(H,3,4);1-2H3. The highest BCUT2D eigenvalue weighted by Gasteiger charge is 2.28. The second-order valence-corrected chi connectivity index (χ2v) is 11.8. The second-order valence-electron chi connectivity index (χ2n) is 11.1. The Kier molecular flexibility index (Phi) is 25.9. The average molecular weight is 699 g/mol. The van der Waals surface area contributed by atoms with Crippen LogP contribution in [0.2, 0.25) is 0 Å². The van der Waals surface area contributed by atoms with Crippen LogP contribution in [-0.2, 0) is 55.6 Å². The molecule has 0 aliphatic rings. The molecule has 0 N–H and O–H groups in total.